The number of hydrogen-bond acceptors (Lipinski definition) is 3. The highest BCUT2D eigenvalue weighted by Crippen LogP contribution is 2.04. The van der Waals surface area contributed by atoms with Crippen molar-refractivity contribution in [3.8, 4) is 0 Å². The Morgan fingerprint density at radius 3 is 2.60 bits per heavy atom. The molecule has 2 unspecified atom stereocenters. The molecule has 0 aliphatic rings. The first-order valence-corrected chi connectivity index (χ1v) is 5.74. The van der Waals surface area contributed by atoms with Crippen LogP contribution < -0.4 is 11.1 Å². The van der Waals surface area contributed by atoms with Crippen LogP contribution in [0.4, 0.5) is 0 Å². The van der Waals surface area contributed by atoms with Crippen molar-refractivity contribution in [2.75, 3.05) is 13.2 Å². The molecule has 4 nitrogen and oxygen atoms in total. The van der Waals surface area contributed by atoms with Gasteiger partial charge in [0.15, 0.2) is 0 Å². The molecule has 15 heavy (non-hydrogen) atoms. The molecular formula is C11H24N2O2. The molecule has 0 aliphatic heterocycles. The van der Waals surface area contributed by atoms with E-state index in [1.165, 1.54) is 0 Å². The summed E-state index contributed by atoms with van der Waals surface area (Å²) in [4.78, 5) is 11.5. The van der Waals surface area contributed by atoms with E-state index >= 15 is 0 Å². The van der Waals surface area contributed by atoms with Crippen LogP contribution in [0.25, 0.3) is 0 Å². The van der Waals surface area contributed by atoms with Crippen molar-refractivity contribution in [1.82, 2.24) is 5.32 Å². The summed E-state index contributed by atoms with van der Waals surface area (Å²) in [5.41, 5.74) is 5.47. The van der Waals surface area contributed by atoms with Gasteiger partial charge in [-0.3, -0.25) is 4.79 Å². The molecule has 0 bridgehead atoms. The maximum Gasteiger partial charge on any atom is 0.220 e. The summed E-state index contributed by atoms with van der Waals surface area (Å²) in [5.74, 6) is 0.462. The Labute approximate surface area is 92.2 Å². The highest BCUT2D eigenvalue weighted by Gasteiger charge is 2.10. The number of hydrogen-bond donors (Lipinski definition) is 3. The van der Waals surface area contributed by atoms with Gasteiger partial charge in [-0.05, 0) is 31.7 Å². The maximum atomic E-state index is 11.5. The molecule has 0 aliphatic carbocycles. The van der Waals surface area contributed by atoms with E-state index in [0.29, 0.717) is 25.3 Å². The lowest BCUT2D eigenvalue weighted by Crippen LogP contribution is -2.35. The van der Waals surface area contributed by atoms with E-state index in [2.05, 4.69) is 5.32 Å². The summed E-state index contributed by atoms with van der Waals surface area (Å²) in [6.45, 7) is 4.79. The highest BCUT2D eigenvalue weighted by atomic mass is 16.3. The highest BCUT2D eigenvalue weighted by molar-refractivity contribution is 5.76. The van der Waals surface area contributed by atoms with E-state index < -0.39 is 0 Å². The molecule has 2 atom stereocenters. The van der Waals surface area contributed by atoms with Gasteiger partial charge in [0.25, 0.3) is 0 Å². The van der Waals surface area contributed by atoms with E-state index in [9.17, 15) is 4.79 Å². The molecule has 0 rings (SSSR count). The first-order valence-electron chi connectivity index (χ1n) is 5.74. The number of carbonyl (C=O) groups is 1. The summed E-state index contributed by atoms with van der Waals surface area (Å²) in [6.07, 6.45) is 2.85. The Morgan fingerprint density at radius 1 is 1.47 bits per heavy atom. The number of carbonyl (C=O) groups excluding carboxylic acids is 1. The molecule has 0 heterocycles. The zero-order valence-corrected chi connectivity index (χ0v) is 9.83. The van der Waals surface area contributed by atoms with Crippen LogP contribution in [-0.2, 0) is 4.79 Å². The lowest BCUT2D eigenvalue weighted by atomic mass is 10.1. The minimum atomic E-state index is 0.0654. The Balaban J connectivity index is 3.70. The number of nitrogens with two attached hydrogens (primary N) is 1. The first kappa shape index (κ1) is 14.4. The molecule has 1 amide bonds. The quantitative estimate of drug-likeness (QED) is 0.557. The molecule has 90 valence electrons. The topological polar surface area (TPSA) is 75.3 Å². The number of aliphatic hydroxyl groups is 1. The van der Waals surface area contributed by atoms with E-state index in [1.54, 1.807) is 0 Å². The fourth-order valence-corrected chi connectivity index (χ4v) is 1.33. The molecule has 0 radical (unpaired) electrons. The van der Waals surface area contributed by atoms with Crippen molar-refractivity contribution in [3.05, 3.63) is 0 Å². The van der Waals surface area contributed by atoms with Crippen LogP contribution in [0.2, 0.25) is 0 Å². The first-order chi connectivity index (χ1) is 7.13. The molecule has 0 aromatic rings. The Hall–Kier alpha value is -0.610. The van der Waals surface area contributed by atoms with Crippen LogP contribution in [-0.4, -0.2) is 30.2 Å². The summed E-state index contributed by atoms with van der Waals surface area (Å²) >= 11 is 0. The van der Waals surface area contributed by atoms with Gasteiger partial charge in [-0.25, -0.2) is 0 Å². The van der Waals surface area contributed by atoms with Crippen LogP contribution in [0.15, 0.2) is 0 Å². The second kappa shape index (κ2) is 8.68. The monoisotopic (exact) mass is 216 g/mol. The number of nitrogens with one attached hydrogen (secondary N) is 1. The lowest BCUT2D eigenvalue weighted by molar-refractivity contribution is -0.122. The van der Waals surface area contributed by atoms with Crippen molar-refractivity contribution in [3.63, 3.8) is 0 Å². The third-order valence-corrected chi connectivity index (χ3v) is 2.60. The summed E-state index contributed by atoms with van der Waals surface area (Å²) in [7, 11) is 0. The Bertz CT molecular complexity index is 174. The molecule has 4 heteroatoms. The summed E-state index contributed by atoms with van der Waals surface area (Å²) in [5, 5.41) is 11.7. The van der Waals surface area contributed by atoms with Crippen LogP contribution >= 0.6 is 0 Å². The van der Waals surface area contributed by atoms with Crippen LogP contribution in [0.1, 0.15) is 39.5 Å². The van der Waals surface area contributed by atoms with Crippen molar-refractivity contribution < 1.29 is 9.90 Å². The summed E-state index contributed by atoms with van der Waals surface area (Å²) < 4.78 is 0. The van der Waals surface area contributed by atoms with Gasteiger partial charge in [0.05, 0.1) is 0 Å². The lowest BCUT2D eigenvalue weighted by Gasteiger charge is -2.16. The van der Waals surface area contributed by atoms with Gasteiger partial charge in [-0.2, -0.15) is 0 Å². The van der Waals surface area contributed by atoms with Crippen molar-refractivity contribution in [2.45, 2.75) is 45.6 Å². The van der Waals surface area contributed by atoms with Gasteiger partial charge in [0.2, 0.25) is 5.91 Å². The predicted molar refractivity (Wildman–Crippen MR) is 61.4 cm³/mol. The van der Waals surface area contributed by atoms with Crippen LogP contribution in [0.3, 0.4) is 0 Å². The van der Waals surface area contributed by atoms with E-state index in [0.717, 1.165) is 12.8 Å². The minimum Gasteiger partial charge on any atom is -0.396 e. The SMILES string of the molecule is CCC(CCO)NC(=O)CCC(C)CN. The minimum absolute atomic E-state index is 0.0654. The molecule has 0 aromatic heterocycles. The molecular weight excluding hydrogens is 192 g/mol. The summed E-state index contributed by atoms with van der Waals surface area (Å²) in [6, 6.07) is 0.107. The molecule has 0 saturated heterocycles. The number of aliphatic hydroxyl groups excluding tert-OH is 1. The average Bonchev–Trinajstić information content (AvgIpc) is 2.25. The van der Waals surface area contributed by atoms with Crippen molar-refractivity contribution >= 4 is 5.91 Å². The van der Waals surface area contributed by atoms with Crippen molar-refractivity contribution in [2.24, 2.45) is 11.7 Å². The third kappa shape index (κ3) is 7.33. The van der Waals surface area contributed by atoms with Gasteiger partial charge in [0, 0.05) is 19.1 Å². The van der Waals surface area contributed by atoms with E-state index in [1.807, 2.05) is 13.8 Å². The molecule has 0 spiro atoms. The fourth-order valence-electron chi connectivity index (χ4n) is 1.33. The number of rotatable bonds is 8. The Morgan fingerprint density at radius 2 is 2.13 bits per heavy atom. The van der Waals surface area contributed by atoms with Gasteiger partial charge in [-0.15, -0.1) is 0 Å². The number of amides is 1. The second-order valence-corrected chi connectivity index (χ2v) is 4.06. The predicted octanol–water partition coefficient (Wildman–Crippen LogP) is 0.639. The second-order valence-electron chi connectivity index (χ2n) is 4.06. The van der Waals surface area contributed by atoms with E-state index in [-0.39, 0.29) is 18.6 Å². The molecule has 4 N–H and O–H groups in total. The van der Waals surface area contributed by atoms with Crippen LogP contribution in [0, 0.1) is 5.92 Å². The Kier molecular flexibility index (Phi) is 8.33. The van der Waals surface area contributed by atoms with E-state index in [4.69, 9.17) is 10.8 Å². The van der Waals surface area contributed by atoms with Gasteiger partial charge in [-0.1, -0.05) is 13.8 Å². The fraction of sp³-hybridized carbons (Fsp3) is 0.909. The largest absolute Gasteiger partial charge is 0.396 e. The molecule has 0 saturated carbocycles. The van der Waals surface area contributed by atoms with Gasteiger partial charge >= 0.3 is 0 Å². The zero-order chi connectivity index (χ0) is 11.7. The van der Waals surface area contributed by atoms with Gasteiger partial charge in [0.1, 0.15) is 0 Å². The molecule has 0 fully saturated rings. The average molecular weight is 216 g/mol. The zero-order valence-electron chi connectivity index (χ0n) is 9.83. The van der Waals surface area contributed by atoms with Crippen molar-refractivity contribution in [1.29, 1.82) is 0 Å². The smallest absolute Gasteiger partial charge is 0.220 e. The normalized spacial score (nSPS) is 14.7. The van der Waals surface area contributed by atoms with Crippen LogP contribution in [0.5, 0.6) is 0 Å². The van der Waals surface area contributed by atoms with Gasteiger partial charge < -0.3 is 16.2 Å². The third-order valence-electron chi connectivity index (χ3n) is 2.60. The molecule has 0 aromatic carbocycles. The maximum absolute atomic E-state index is 11.5. The standard InChI is InChI=1S/C11H24N2O2/c1-3-10(6-7-14)13-11(15)5-4-9(2)8-12/h9-10,14H,3-8,12H2,1-2H3,(H,13,15).